The van der Waals surface area contributed by atoms with Gasteiger partial charge in [0.25, 0.3) is 0 Å². The number of carboxylic acids is 1. The molecule has 0 radical (unpaired) electrons. The molecule has 0 fully saturated rings. The van der Waals surface area contributed by atoms with Crippen LogP contribution in [0.2, 0.25) is 0 Å². The molecule has 0 aliphatic carbocycles. The van der Waals surface area contributed by atoms with Crippen LogP contribution in [-0.2, 0) is 17.8 Å². The highest BCUT2D eigenvalue weighted by molar-refractivity contribution is 5.69. The maximum Gasteiger partial charge on any atom is 0.307 e. The first kappa shape index (κ1) is 14.9. The van der Waals surface area contributed by atoms with Crippen molar-refractivity contribution in [2.75, 3.05) is 31.6 Å². The van der Waals surface area contributed by atoms with Gasteiger partial charge in [-0.1, -0.05) is 26.0 Å². The number of aliphatic carboxylic acids is 1. The van der Waals surface area contributed by atoms with E-state index in [1.54, 1.807) is 6.92 Å². The maximum atomic E-state index is 11.0. The summed E-state index contributed by atoms with van der Waals surface area (Å²) in [6.07, 6.45) is 1.11. The predicted octanol–water partition coefficient (Wildman–Crippen LogP) is 2.22. The smallest absolute Gasteiger partial charge is 0.307 e. The van der Waals surface area contributed by atoms with E-state index in [4.69, 9.17) is 5.11 Å². The first-order valence-corrected chi connectivity index (χ1v) is 7.29. The SMILES string of the molecule is CCN(Cc1ccc2c(c1)CCN2C)CC(C)C(=O)O. The normalized spacial score (nSPS) is 15.5. The summed E-state index contributed by atoms with van der Waals surface area (Å²) in [7, 11) is 2.12. The van der Waals surface area contributed by atoms with Crippen molar-refractivity contribution in [1.82, 2.24) is 4.90 Å². The van der Waals surface area contributed by atoms with E-state index >= 15 is 0 Å². The minimum atomic E-state index is -0.723. The van der Waals surface area contributed by atoms with Gasteiger partial charge < -0.3 is 10.0 Å². The topological polar surface area (TPSA) is 43.8 Å². The van der Waals surface area contributed by atoms with Crippen LogP contribution in [0.3, 0.4) is 0 Å². The van der Waals surface area contributed by atoms with Crippen molar-refractivity contribution in [3.63, 3.8) is 0 Å². The summed E-state index contributed by atoms with van der Waals surface area (Å²) in [4.78, 5) is 15.4. The van der Waals surface area contributed by atoms with E-state index in [1.165, 1.54) is 16.8 Å². The number of carbonyl (C=O) groups is 1. The van der Waals surface area contributed by atoms with E-state index in [1.807, 2.05) is 0 Å². The molecule has 1 aliphatic heterocycles. The second-order valence-electron chi connectivity index (χ2n) is 5.70. The fourth-order valence-corrected chi connectivity index (χ4v) is 2.75. The largest absolute Gasteiger partial charge is 0.481 e. The van der Waals surface area contributed by atoms with E-state index in [9.17, 15) is 4.79 Å². The third-order valence-corrected chi connectivity index (χ3v) is 4.08. The summed E-state index contributed by atoms with van der Waals surface area (Å²) in [6.45, 7) is 7.23. The van der Waals surface area contributed by atoms with Crippen LogP contribution >= 0.6 is 0 Å². The van der Waals surface area contributed by atoms with Crippen molar-refractivity contribution in [3.8, 4) is 0 Å². The molecule has 0 aromatic heterocycles. The molecular formula is C16H24N2O2. The highest BCUT2D eigenvalue weighted by Gasteiger charge is 2.18. The molecule has 4 nitrogen and oxygen atoms in total. The van der Waals surface area contributed by atoms with Gasteiger partial charge in [0.05, 0.1) is 5.92 Å². The Morgan fingerprint density at radius 2 is 2.25 bits per heavy atom. The van der Waals surface area contributed by atoms with Crippen LogP contribution in [-0.4, -0.2) is 42.7 Å². The van der Waals surface area contributed by atoms with E-state index in [-0.39, 0.29) is 5.92 Å². The molecule has 4 heteroatoms. The third kappa shape index (κ3) is 3.31. The van der Waals surface area contributed by atoms with E-state index in [2.05, 4.69) is 42.0 Å². The minimum Gasteiger partial charge on any atom is -0.481 e. The van der Waals surface area contributed by atoms with E-state index < -0.39 is 5.97 Å². The molecule has 110 valence electrons. The third-order valence-electron chi connectivity index (χ3n) is 4.08. The Morgan fingerprint density at radius 3 is 2.90 bits per heavy atom. The molecule has 0 spiro atoms. The Labute approximate surface area is 121 Å². The lowest BCUT2D eigenvalue weighted by molar-refractivity contribution is -0.141. The van der Waals surface area contributed by atoms with E-state index in [0.29, 0.717) is 6.54 Å². The van der Waals surface area contributed by atoms with Crippen LogP contribution in [0.5, 0.6) is 0 Å². The Balaban J connectivity index is 2.03. The van der Waals surface area contributed by atoms with Gasteiger partial charge in [-0.2, -0.15) is 0 Å². The van der Waals surface area contributed by atoms with Gasteiger partial charge in [-0.25, -0.2) is 0 Å². The average molecular weight is 276 g/mol. The molecule has 1 N–H and O–H groups in total. The van der Waals surface area contributed by atoms with Crippen LogP contribution in [0, 0.1) is 5.92 Å². The maximum absolute atomic E-state index is 11.0. The predicted molar refractivity (Wildman–Crippen MR) is 81.2 cm³/mol. The van der Waals surface area contributed by atoms with Gasteiger partial charge in [0.2, 0.25) is 0 Å². The summed E-state index contributed by atoms with van der Waals surface area (Å²) < 4.78 is 0. The standard InChI is InChI=1S/C16H24N2O2/c1-4-18(10-12(2)16(19)20)11-13-5-6-15-14(9-13)7-8-17(15)3/h5-6,9,12H,4,7-8,10-11H2,1-3H3,(H,19,20). The van der Waals surface area contributed by atoms with Crippen molar-refractivity contribution >= 4 is 11.7 Å². The van der Waals surface area contributed by atoms with E-state index in [0.717, 1.165) is 26.1 Å². The lowest BCUT2D eigenvalue weighted by atomic mass is 10.1. The number of likely N-dealkylation sites (N-methyl/N-ethyl adjacent to an activating group) is 1. The number of anilines is 1. The first-order chi connectivity index (χ1) is 9.51. The number of fused-ring (bicyclic) bond motifs is 1. The second kappa shape index (κ2) is 6.27. The van der Waals surface area contributed by atoms with Gasteiger partial charge in [-0.3, -0.25) is 9.69 Å². The molecule has 1 aromatic carbocycles. The first-order valence-electron chi connectivity index (χ1n) is 7.29. The summed E-state index contributed by atoms with van der Waals surface area (Å²) in [5.74, 6) is -1.05. The summed E-state index contributed by atoms with van der Waals surface area (Å²) >= 11 is 0. The summed E-state index contributed by atoms with van der Waals surface area (Å²) in [5.41, 5.74) is 4.02. The van der Waals surface area contributed by atoms with Gasteiger partial charge >= 0.3 is 5.97 Å². The van der Waals surface area contributed by atoms with Gasteiger partial charge in [0.15, 0.2) is 0 Å². The number of hydrogen-bond donors (Lipinski definition) is 1. The van der Waals surface area contributed by atoms with Gasteiger partial charge in [-0.15, -0.1) is 0 Å². The number of nitrogens with zero attached hydrogens (tertiary/aromatic N) is 2. The lowest BCUT2D eigenvalue weighted by Crippen LogP contribution is -2.31. The number of rotatable bonds is 6. The molecule has 1 heterocycles. The molecule has 1 aromatic rings. The van der Waals surface area contributed by atoms with Crippen molar-refractivity contribution in [1.29, 1.82) is 0 Å². The van der Waals surface area contributed by atoms with Crippen LogP contribution in [0.25, 0.3) is 0 Å². The van der Waals surface area contributed by atoms with Gasteiger partial charge in [-0.05, 0) is 30.2 Å². The molecule has 0 amide bonds. The number of hydrogen-bond acceptors (Lipinski definition) is 3. The van der Waals surface area contributed by atoms with Crippen molar-refractivity contribution < 1.29 is 9.90 Å². The minimum absolute atomic E-state index is 0.324. The second-order valence-corrected chi connectivity index (χ2v) is 5.70. The van der Waals surface area contributed by atoms with Crippen molar-refractivity contribution in [3.05, 3.63) is 29.3 Å². The Morgan fingerprint density at radius 1 is 1.50 bits per heavy atom. The molecule has 2 rings (SSSR count). The Kier molecular flexibility index (Phi) is 4.65. The van der Waals surface area contributed by atoms with Gasteiger partial charge in [0, 0.05) is 32.4 Å². The molecular weight excluding hydrogens is 252 g/mol. The summed E-state index contributed by atoms with van der Waals surface area (Å²) in [5, 5.41) is 9.02. The Bertz CT molecular complexity index is 487. The molecule has 20 heavy (non-hydrogen) atoms. The lowest BCUT2D eigenvalue weighted by Gasteiger charge is -2.23. The van der Waals surface area contributed by atoms with Gasteiger partial charge in [0.1, 0.15) is 0 Å². The van der Waals surface area contributed by atoms with Crippen LogP contribution in [0.1, 0.15) is 25.0 Å². The zero-order valence-electron chi connectivity index (χ0n) is 12.6. The highest BCUT2D eigenvalue weighted by atomic mass is 16.4. The van der Waals surface area contributed by atoms with Crippen LogP contribution < -0.4 is 4.90 Å². The summed E-state index contributed by atoms with van der Waals surface area (Å²) in [6, 6.07) is 6.62. The molecule has 1 aliphatic rings. The molecule has 1 atom stereocenters. The highest BCUT2D eigenvalue weighted by Crippen LogP contribution is 2.27. The zero-order chi connectivity index (χ0) is 14.7. The molecule has 0 saturated carbocycles. The molecule has 0 bridgehead atoms. The molecule has 1 unspecified atom stereocenters. The number of benzene rings is 1. The average Bonchev–Trinajstić information content (AvgIpc) is 2.79. The quantitative estimate of drug-likeness (QED) is 0.865. The monoisotopic (exact) mass is 276 g/mol. The van der Waals surface area contributed by atoms with Crippen molar-refractivity contribution in [2.45, 2.75) is 26.8 Å². The zero-order valence-corrected chi connectivity index (χ0v) is 12.6. The van der Waals surface area contributed by atoms with Crippen LogP contribution in [0.4, 0.5) is 5.69 Å². The van der Waals surface area contributed by atoms with Crippen molar-refractivity contribution in [2.24, 2.45) is 5.92 Å². The fraction of sp³-hybridized carbons (Fsp3) is 0.562. The van der Waals surface area contributed by atoms with Crippen LogP contribution in [0.15, 0.2) is 18.2 Å². The Hall–Kier alpha value is -1.55. The molecule has 0 saturated heterocycles. The number of carboxylic acid groups (broad SMARTS) is 1. The fourth-order valence-electron chi connectivity index (χ4n) is 2.75.